The molecule has 0 radical (unpaired) electrons. The van der Waals surface area contributed by atoms with Gasteiger partial charge in [0.25, 0.3) is 0 Å². The van der Waals surface area contributed by atoms with Gasteiger partial charge < -0.3 is 24.4 Å². The van der Waals surface area contributed by atoms with E-state index in [0.717, 1.165) is 19.3 Å². The molecule has 2 aliphatic rings. The van der Waals surface area contributed by atoms with Crippen LogP contribution in [0.5, 0.6) is 0 Å². The second-order valence-corrected chi connectivity index (χ2v) is 4.44. The van der Waals surface area contributed by atoms with Crippen molar-refractivity contribution in [3.05, 3.63) is 0 Å². The van der Waals surface area contributed by atoms with E-state index in [4.69, 9.17) is 14.2 Å². The predicted molar refractivity (Wildman–Crippen MR) is 55.9 cm³/mol. The molecular weight excluding hydrogens is 212 g/mol. The topological polar surface area (TPSA) is 68.2 Å². The second kappa shape index (κ2) is 5.42. The van der Waals surface area contributed by atoms with Gasteiger partial charge in [-0.3, -0.25) is 0 Å². The third kappa shape index (κ3) is 2.55. The first kappa shape index (κ1) is 12.3. The molecule has 5 heteroatoms. The minimum Gasteiger partial charge on any atom is -0.388 e. The Labute approximate surface area is 95.3 Å². The van der Waals surface area contributed by atoms with Gasteiger partial charge in [0.05, 0.1) is 13.2 Å². The normalized spacial score (nSPS) is 44.1. The smallest absolute Gasteiger partial charge is 0.158 e. The van der Waals surface area contributed by atoms with E-state index in [1.165, 1.54) is 0 Å². The minimum atomic E-state index is -0.862. The molecule has 2 heterocycles. The molecule has 0 aromatic rings. The number of unbranched alkanes of at least 4 members (excludes halogenated alkanes) is 1. The second-order valence-electron chi connectivity index (χ2n) is 4.44. The summed E-state index contributed by atoms with van der Waals surface area (Å²) in [5, 5.41) is 19.0. The number of hydrogen-bond donors (Lipinski definition) is 2. The molecule has 0 aromatic carbocycles. The lowest BCUT2D eigenvalue weighted by Crippen LogP contribution is -2.39. The molecule has 5 nitrogen and oxygen atoms in total. The van der Waals surface area contributed by atoms with Crippen molar-refractivity contribution in [1.82, 2.24) is 0 Å². The fourth-order valence-electron chi connectivity index (χ4n) is 2.12. The van der Waals surface area contributed by atoms with Gasteiger partial charge in [0.15, 0.2) is 6.29 Å². The van der Waals surface area contributed by atoms with Crippen LogP contribution in [0.4, 0.5) is 0 Å². The number of aliphatic hydroxyl groups excluding tert-OH is 2. The largest absolute Gasteiger partial charge is 0.388 e. The Kier molecular flexibility index (Phi) is 4.16. The van der Waals surface area contributed by atoms with Crippen LogP contribution in [-0.4, -0.2) is 54.1 Å². The predicted octanol–water partition coefficient (Wildman–Crippen LogP) is 0.0387. The van der Waals surface area contributed by atoms with Crippen LogP contribution in [0.1, 0.15) is 26.2 Å². The van der Waals surface area contributed by atoms with Gasteiger partial charge in [0, 0.05) is 0 Å². The molecular formula is C11H20O5. The van der Waals surface area contributed by atoms with Gasteiger partial charge in [-0.2, -0.15) is 0 Å². The summed E-state index contributed by atoms with van der Waals surface area (Å²) >= 11 is 0. The van der Waals surface area contributed by atoms with E-state index in [9.17, 15) is 10.2 Å². The first-order chi connectivity index (χ1) is 7.72. The van der Waals surface area contributed by atoms with Gasteiger partial charge >= 0.3 is 0 Å². The van der Waals surface area contributed by atoms with E-state index in [1.807, 2.05) is 0 Å². The molecule has 16 heavy (non-hydrogen) atoms. The van der Waals surface area contributed by atoms with E-state index in [2.05, 4.69) is 6.92 Å². The van der Waals surface area contributed by atoms with Gasteiger partial charge in [-0.05, 0) is 12.8 Å². The highest BCUT2D eigenvalue weighted by molar-refractivity contribution is 4.90. The Balaban J connectivity index is 1.80. The Hall–Kier alpha value is -0.200. The van der Waals surface area contributed by atoms with Crippen molar-refractivity contribution in [2.45, 2.75) is 56.9 Å². The monoisotopic (exact) mass is 232 g/mol. The maximum Gasteiger partial charge on any atom is 0.158 e. The highest BCUT2D eigenvalue weighted by Gasteiger charge is 2.43. The summed E-state index contributed by atoms with van der Waals surface area (Å²) in [6.45, 7) is 2.72. The average molecular weight is 232 g/mol. The van der Waals surface area contributed by atoms with Crippen molar-refractivity contribution in [3.63, 3.8) is 0 Å². The summed E-state index contributed by atoms with van der Waals surface area (Å²) in [5.74, 6) is 0. The first-order valence-electron chi connectivity index (χ1n) is 5.97. The fraction of sp³-hybridized carbons (Fsp3) is 1.00. The van der Waals surface area contributed by atoms with Crippen molar-refractivity contribution in [2.75, 3.05) is 13.2 Å². The van der Waals surface area contributed by atoms with Crippen LogP contribution >= 0.6 is 0 Å². The van der Waals surface area contributed by atoms with Crippen LogP contribution in [0.3, 0.4) is 0 Å². The summed E-state index contributed by atoms with van der Waals surface area (Å²) < 4.78 is 16.4. The number of rotatable bonds is 4. The minimum absolute atomic E-state index is 0.172. The van der Waals surface area contributed by atoms with E-state index in [-0.39, 0.29) is 19.0 Å². The van der Waals surface area contributed by atoms with E-state index < -0.39 is 18.3 Å². The molecule has 94 valence electrons. The highest BCUT2D eigenvalue weighted by atomic mass is 16.7. The van der Waals surface area contributed by atoms with Crippen LogP contribution in [0.15, 0.2) is 0 Å². The molecule has 4 unspecified atom stereocenters. The van der Waals surface area contributed by atoms with E-state index >= 15 is 0 Å². The van der Waals surface area contributed by atoms with E-state index in [1.54, 1.807) is 0 Å². The maximum absolute atomic E-state index is 9.67. The van der Waals surface area contributed by atoms with Gasteiger partial charge in [-0.1, -0.05) is 13.3 Å². The zero-order valence-electron chi connectivity index (χ0n) is 9.54. The molecule has 0 aromatic heterocycles. The zero-order chi connectivity index (χ0) is 11.5. The first-order valence-corrected chi connectivity index (χ1v) is 5.97. The third-order valence-corrected chi connectivity index (χ3v) is 3.12. The maximum atomic E-state index is 9.67. The number of hydrogen-bond acceptors (Lipinski definition) is 5. The van der Waals surface area contributed by atoms with Gasteiger partial charge in [0.2, 0.25) is 0 Å². The van der Waals surface area contributed by atoms with Gasteiger partial charge in [0.1, 0.15) is 24.4 Å². The van der Waals surface area contributed by atoms with Crippen molar-refractivity contribution < 1.29 is 24.4 Å². The van der Waals surface area contributed by atoms with Crippen LogP contribution < -0.4 is 0 Å². The summed E-state index contributed by atoms with van der Waals surface area (Å²) in [5.41, 5.74) is 0. The molecule has 0 saturated carbocycles. The Morgan fingerprint density at radius 2 is 2.00 bits per heavy atom. The molecule has 0 aliphatic carbocycles. The van der Waals surface area contributed by atoms with E-state index in [0.29, 0.717) is 6.61 Å². The van der Waals surface area contributed by atoms with Crippen molar-refractivity contribution in [1.29, 1.82) is 0 Å². The van der Waals surface area contributed by atoms with Crippen LogP contribution in [0.2, 0.25) is 0 Å². The molecule has 2 rings (SSSR count). The van der Waals surface area contributed by atoms with Crippen LogP contribution in [0, 0.1) is 0 Å². The molecule has 2 aliphatic heterocycles. The quantitative estimate of drug-likeness (QED) is 0.716. The number of aliphatic hydroxyl groups is 2. The molecule has 0 amide bonds. The lowest BCUT2D eigenvalue weighted by atomic mass is 10.1. The zero-order valence-corrected chi connectivity index (χ0v) is 9.54. The summed E-state index contributed by atoms with van der Waals surface area (Å²) in [6, 6.07) is 0. The molecule has 2 fully saturated rings. The van der Waals surface area contributed by atoms with Gasteiger partial charge in [-0.25, -0.2) is 0 Å². The Morgan fingerprint density at radius 1 is 1.19 bits per heavy atom. The lowest BCUT2D eigenvalue weighted by Gasteiger charge is -2.20. The summed E-state index contributed by atoms with van der Waals surface area (Å²) in [4.78, 5) is 0. The van der Waals surface area contributed by atoms with Gasteiger partial charge in [-0.15, -0.1) is 0 Å². The van der Waals surface area contributed by atoms with Crippen molar-refractivity contribution in [3.8, 4) is 0 Å². The lowest BCUT2D eigenvalue weighted by molar-refractivity contribution is -0.103. The fourth-order valence-corrected chi connectivity index (χ4v) is 2.12. The molecule has 0 bridgehead atoms. The van der Waals surface area contributed by atoms with Crippen LogP contribution in [0.25, 0.3) is 0 Å². The molecule has 5 atom stereocenters. The highest BCUT2D eigenvalue weighted by Crippen LogP contribution is 2.26. The number of ether oxygens (including phenoxy) is 3. The van der Waals surface area contributed by atoms with Crippen molar-refractivity contribution >= 4 is 0 Å². The standard InChI is InChI=1S/C11H20O5/c1-2-3-4-9-14-6-8(16-9)11-10(13)7(12)5-15-11/h7-13H,2-6H2,1H3/t7-,8?,9?,10?,11?/m1/s1. The summed E-state index contributed by atoms with van der Waals surface area (Å²) in [6.07, 6.45) is 0.484. The SMILES string of the molecule is CCCCC1OCC(C2OC[C@@H](O)C2O)O1. The third-order valence-electron chi connectivity index (χ3n) is 3.12. The molecule has 0 spiro atoms. The van der Waals surface area contributed by atoms with Crippen molar-refractivity contribution in [2.24, 2.45) is 0 Å². The Morgan fingerprint density at radius 3 is 2.62 bits per heavy atom. The molecule has 2 N–H and O–H groups in total. The summed E-state index contributed by atoms with van der Waals surface area (Å²) in [7, 11) is 0. The Bertz CT molecular complexity index is 222. The molecule has 2 saturated heterocycles. The average Bonchev–Trinajstić information content (AvgIpc) is 2.85. The van der Waals surface area contributed by atoms with Crippen LogP contribution in [-0.2, 0) is 14.2 Å².